The summed E-state index contributed by atoms with van der Waals surface area (Å²) in [6, 6.07) is 10.2. The predicted octanol–water partition coefficient (Wildman–Crippen LogP) is 5.87. The largest absolute Gasteiger partial charge is 1.00 e. The van der Waals surface area contributed by atoms with Crippen molar-refractivity contribution in [1.82, 2.24) is 5.32 Å². The van der Waals surface area contributed by atoms with Gasteiger partial charge in [-0.15, -0.1) is 0 Å². The van der Waals surface area contributed by atoms with Crippen molar-refractivity contribution in [3.05, 3.63) is 59.4 Å². The average molecular weight is 651 g/mol. The number of nitrogens with zero attached hydrogens (tertiary/aromatic N) is 1. The molecule has 0 spiro atoms. The van der Waals surface area contributed by atoms with Crippen LogP contribution in [0.4, 0.5) is 0 Å². The second-order valence-corrected chi connectivity index (χ2v) is 11.8. The summed E-state index contributed by atoms with van der Waals surface area (Å²) in [4.78, 5) is 13.0. The number of aryl methyl sites for hydroxylation is 1. The van der Waals surface area contributed by atoms with Gasteiger partial charge in [0.25, 0.3) is 5.91 Å². The van der Waals surface area contributed by atoms with E-state index in [0.717, 1.165) is 43.7 Å². The average Bonchev–Trinajstić information content (AvgIpc) is 2.90. The highest BCUT2D eigenvalue weighted by Crippen LogP contribution is 2.34. The minimum Gasteiger partial charge on any atom is -1.00 e. The molecule has 0 saturated heterocycles. The molecule has 2 rings (SSSR count). The number of unbranched alkanes of at least 4 members (excludes halogenated alkanes) is 9. The summed E-state index contributed by atoms with van der Waals surface area (Å²) in [5.74, 6) is 0.945. The van der Waals surface area contributed by atoms with Crippen LogP contribution in [-0.4, -0.2) is 12.5 Å². The minimum atomic E-state index is -0.0439. The molecule has 1 N–H and O–H groups in total. The molecular formula is C34H55IN2O2. The van der Waals surface area contributed by atoms with Crippen molar-refractivity contribution in [2.75, 3.05) is 6.61 Å². The highest BCUT2D eigenvalue weighted by atomic mass is 127. The lowest BCUT2D eigenvalue weighted by Gasteiger charge is -2.26. The predicted molar refractivity (Wildman–Crippen MR) is 160 cm³/mol. The number of ether oxygens (including phenoxy) is 1. The minimum absolute atomic E-state index is 0. The lowest BCUT2D eigenvalue weighted by molar-refractivity contribution is -0.697. The number of aromatic nitrogens is 1. The first-order valence-corrected chi connectivity index (χ1v) is 15.4. The van der Waals surface area contributed by atoms with E-state index in [1.807, 2.05) is 24.5 Å². The molecule has 1 amide bonds. The van der Waals surface area contributed by atoms with Gasteiger partial charge in [0.15, 0.2) is 12.4 Å². The number of rotatable bonds is 18. The quantitative estimate of drug-likeness (QED) is 0.125. The van der Waals surface area contributed by atoms with Gasteiger partial charge in [0.2, 0.25) is 0 Å². The molecule has 1 atom stereocenters. The Morgan fingerprint density at radius 1 is 0.846 bits per heavy atom. The maximum atomic E-state index is 13.0. The SMILES string of the molecule is CCCCCCCCCCCCOc1ccc(C(CC)NC(=O)c2cc[n+](CCC)cc2)cc1C(C)(C)C.[I-]. The molecule has 0 fully saturated rings. The summed E-state index contributed by atoms with van der Waals surface area (Å²) in [5, 5.41) is 3.25. The number of nitrogens with one attached hydrogen (secondary N) is 1. The van der Waals surface area contributed by atoms with Crippen LogP contribution in [0.5, 0.6) is 5.75 Å². The van der Waals surface area contributed by atoms with Crippen LogP contribution in [0.15, 0.2) is 42.7 Å². The summed E-state index contributed by atoms with van der Waals surface area (Å²) >= 11 is 0. The van der Waals surface area contributed by atoms with E-state index in [1.165, 1.54) is 63.4 Å². The summed E-state index contributed by atoms with van der Waals surface area (Å²) in [6.45, 7) is 15.0. The molecule has 5 heteroatoms. The standard InChI is InChI=1S/C34H54N2O2.HI/c1-7-10-11-12-13-14-15-16-17-18-26-38-32-20-19-29(27-30(32)34(4,5)6)31(9-3)35-33(37)28-21-24-36(23-8-2)25-22-28;/h19-22,24-25,27,31H,7-18,23,26H2,1-6H3;1H. The molecule has 2 aromatic rings. The van der Waals surface area contributed by atoms with Crippen LogP contribution in [0.3, 0.4) is 0 Å². The first kappa shape index (κ1) is 35.4. The van der Waals surface area contributed by atoms with Crippen molar-refractivity contribution >= 4 is 5.91 Å². The zero-order valence-electron chi connectivity index (χ0n) is 25.7. The van der Waals surface area contributed by atoms with Gasteiger partial charge in [-0.2, -0.15) is 0 Å². The Labute approximate surface area is 256 Å². The molecule has 0 radical (unpaired) electrons. The number of amides is 1. The summed E-state index contributed by atoms with van der Waals surface area (Å²) in [5.41, 5.74) is 2.99. The number of benzene rings is 1. The Kier molecular flexibility index (Phi) is 17.7. The van der Waals surface area contributed by atoms with Gasteiger partial charge in [0.1, 0.15) is 12.3 Å². The molecule has 0 aliphatic heterocycles. The Hall–Kier alpha value is -1.63. The molecule has 0 aliphatic rings. The van der Waals surface area contributed by atoms with Crippen LogP contribution in [0.2, 0.25) is 0 Å². The van der Waals surface area contributed by atoms with E-state index in [4.69, 9.17) is 4.74 Å². The fraction of sp³-hybridized carbons (Fsp3) is 0.647. The summed E-state index contributed by atoms with van der Waals surface area (Å²) in [6.07, 6.45) is 19.1. The van der Waals surface area contributed by atoms with Gasteiger partial charge in [0.05, 0.1) is 18.2 Å². The van der Waals surface area contributed by atoms with E-state index in [9.17, 15) is 4.79 Å². The van der Waals surface area contributed by atoms with Crippen LogP contribution < -0.4 is 38.6 Å². The molecular weight excluding hydrogens is 595 g/mol. The molecule has 220 valence electrons. The maximum Gasteiger partial charge on any atom is 0.252 e. The molecule has 4 nitrogen and oxygen atoms in total. The number of hydrogen-bond acceptors (Lipinski definition) is 2. The zero-order chi connectivity index (χ0) is 27.8. The number of hydrogen-bond donors (Lipinski definition) is 1. The first-order valence-electron chi connectivity index (χ1n) is 15.4. The van der Waals surface area contributed by atoms with Crippen LogP contribution >= 0.6 is 0 Å². The van der Waals surface area contributed by atoms with E-state index >= 15 is 0 Å². The van der Waals surface area contributed by atoms with Crippen molar-refractivity contribution in [2.45, 2.75) is 137 Å². The van der Waals surface area contributed by atoms with Crippen molar-refractivity contribution in [3.8, 4) is 5.75 Å². The van der Waals surface area contributed by atoms with Crippen molar-refractivity contribution in [2.24, 2.45) is 0 Å². The fourth-order valence-corrected chi connectivity index (χ4v) is 4.93. The topological polar surface area (TPSA) is 42.2 Å². The van der Waals surface area contributed by atoms with Crippen LogP contribution in [-0.2, 0) is 12.0 Å². The Bertz CT molecular complexity index is 937. The van der Waals surface area contributed by atoms with Crippen LogP contribution in [0, 0.1) is 0 Å². The van der Waals surface area contributed by atoms with Crippen LogP contribution in [0.25, 0.3) is 0 Å². The highest BCUT2D eigenvalue weighted by molar-refractivity contribution is 5.94. The van der Waals surface area contributed by atoms with E-state index in [2.05, 4.69) is 69.6 Å². The number of halogens is 1. The normalized spacial score (nSPS) is 12.1. The molecule has 0 aliphatic carbocycles. The number of carbonyl (C=O) groups excluding carboxylic acids is 1. The van der Waals surface area contributed by atoms with Crippen molar-refractivity contribution in [3.63, 3.8) is 0 Å². The van der Waals surface area contributed by atoms with Gasteiger partial charge in [-0.05, 0) is 41.5 Å². The van der Waals surface area contributed by atoms with E-state index in [0.29, 0.717) is 5.56 Å². The summed E-state index contributed by atoms with van der Waals surface area (Å²) < 4.78 is 8.40. The molecule has 1 unspecified atom stereocenters. The lowest BCUT2D eigenvalue weighted by atomic mass is 9.84. The monoisotopic (exact) mass is 650 g/mol. The number of pyridine rings is 1. The zero-order valence-corrected chi connectivity index (χ0v) is 27.8. The summed E-state index contributed by atoms with van der Waals surface area (Å²) in [7, 11) is 0. The third kappa shape index (κ3) is 13.1. The molecule has 0 bridgehead atoms. The maximum absolute atomic E-state index is 13.0. The lowest BCUT2D eigenvalue weighted by Crippen LogP contribution is -3.00. The second-order valence-electron chi connectivity index (χ2n) is 11.8. The molecule has 1 heterocycles. The Morgan fingerprint density at radius 3 is 1.97 bits per heavy atom. The van der Waals surface area contributed by atoms with E-state index in [1.54, 1.807) is 0 Å². The van der Waals surface area contributed by atoms with E-state index < -0.39 is 0 Å². The molecule has 1 aromatic carbocycles. The third-order valence-corrected chi connectivity index (χ3v) is 7.32. The van der Waals surface area contributed by atoms with E-state index in [-0.39, 0.29) is 41.3 Å². The van der Waals surface area contributed by atoms with Gasteiger partial charge in [-0.3, -0.25) is 4.79 Å². The molecule has 1 aromatic heterocycles. The van der Waals surface area contributed by atoms with Crippen molar-refractivity contribution < 1.29 is 38.1 Å². The van der Waals surface area contributed by atoms with Crippen molar-refractivity contribution in [1.29, 1.82) is 0 Å². The van der Waals surface area contributed by atoms with Gasteiger partial charge in [-0.25, -0.2) is 4.57 Å². The molecule has 0 saturated carbocycles. The number of carbonyl (C=O) groups is 1. The Morgan fingerprint density at radius 2 is 1.44 bits per heavy atom. The smallest absolute Gasteiger partial charge is 0.252 e. The fourth-order valence-electron chi connectivity index (χ4n) is 4.93. The first-order chi connectivity index (χ1) is 18.3. The Balaban J connectivity index is 0.00000760. The third-order valence-electron chi connectivity index (χ3n) is 7.32. The highest BCUT2D eigenvalue weighted by Gasteiger charge is 2.22. The van der Waals surface area contributed by atoms with Gasteiger partial charge < -0.3 is 34.0 Å². The molecule has 39 heavy (non-hydrogen) atoms. The van der Waals surface area contributed by atoms with Gasteiger partial charge in [-0.1, -0.05) is 105 Å². The van der Waals surface area contributed by atoms with Gasteiger partial charge >= 0.3 is 0 Å². The van der Waals surface area contributed by atoms with Crippen LogP contribution in [0.1, 0.15) is 146 Å². The van der Waals surface area contributed by atoms with Gasteiger partial charge in [0, 0.05) is 18.6 Å². The second kappa shape index (κ2) is 19.4.